The fourth-order valence-electron chi connectivity index (χ4n) is 3.18. The normalized spacial score (nSPS) is 15.5. The third-order valence-corrected chi connectivity index (χ3v) is 5.94. The maximum atomic E-state index is 12.4. The fraction of sp³-hybridized carbons (Fsp3) is 0.409. The minimum absolute atomic E-state index is 0.0793. The van der Waals surface area contributed by atoms with E-state index in [-0.39, 0.29) is 11.2 Å². The molecule has 0 radical (unpaired) electrons. The molecule has 1 aliphatic heterocycles. The lowest BCUT2D eigenvalue weighted by molar-refractivity contribution is -0.120. The third kappa shape index (κ3) is 5.28. The molecule has 0 bridgehead atoms. The summed E-state index contributed by atoms with van der Waals surface area (Å²) in [7, 11) is 0. The van der Waals surface area contributed by atoms with Gasteiger partial charge in [0.1, 0.15) is 0 Å². The Bertz CT molecular complexity index is 706. The fourth-order valence-corrected chi connectivity index (χ4v) is 4.08. The molecule has 1 fully saturated rings. The Morgan fingerprint density at radius 2 is 1.69 bits per heavy atom. The average molecular weight is 369 g/mol. The topological polar surface area (TPSA) is 32.3 Å². The second-order valence-corrected chi connectivity index (χ2v) is 8.42. The Kier molecular flexibility index (Phi) is 6.62. The summed E-state index contributed by atoms with van der Waals surface area (Å²) in [5, 5.41) is 2.95. The molecule has 2 aromatic rings. The van der Waals surface area contributed by atoms with Gasteiger partial charge in [0.2, 0.25) is 5.91 Å². The second kappa shape index (κ2) is 9.13. The summed E-state index contributed by atoms with van der Waals surface area (Å²) < 4.78 is 0. The van der Waals surface area contributed by atoms with Gasteiger partial charge in [-0.2, -0.15) is 0 Å². The molecular weight excluding hydrogens is 340 g/mol. The van der Waals surface area contributed by atoms with Gasteiger partial charge in [-0.25, -0.2) is 0 Å². The van der Waals surface area contributed by atoms with E-state index in [0.29, 0.717) is 6.54 Å². The molecule has 2 aromatic carbocycles. The SMILES string of the molecule is Cc1ccc(S[C@@H](C)C(=O)NCc2ccc(N3CCCCC3)cc2)cc1. The van der Waals surface area contributed by atoms with Crippen molar-refractivity contribution in [3.05, 3.63) is 59.7 Å². The summed E-state index contributed by atoms with van der Waals surface area (Å²) in [6.45, 7) is 6.92. The van der Waals surface area contributed by atoms with E-state index >= 15 is 0 Å². The number of piperidine rings is 1. The number of anilines is 1. The molecule has 1 amide bonds. The molecule has 3 nitrogen and oxygen atoms in total. The number of hydrogen-bond acceptors (Lipinski definition) is 3. The number of aryl methyl sites for hydroxylation is 1. The van der Waals surface area contributed by atoms with Crippen LogP contribution in [0.25, 0.3) is 0 Å². The van der Waals surface area contributed by atoms with E-state index in [4.69, 9.17) is 0 Å². The third-order valence-electron chi connectivity index (χ3n) is 4.83. The smallest absolute Gasteiger partial charge is 0.233 e. The summed E-state index contributed by atoms with van der Waals surface area (Å²) in [6.07, 6.45) is 3.92. The minimum Gasteiger partial charge on any atom is -0.372 e. The Morgan fingerprint density at radius 3 is 2.35 bits per heavy atom. The number of carbonyl (C=O) groups is 1. The monoisotopic (exact) mass is 368 g/mol. The number of amides is 1. The van der Waals surface area contributed by atoms with Crippen molar-refractivity contribution in [2.24, 2.45) is 0 Å². The van der Waals surface area contributed by atoms with Gasteiger partial charge in [-0.3, -0.25) is 4.79 Å². The van der Waals surface area contributed by atoms with Gasteiger partial charge in [0.05, 0.1) is 5.25 Å². The first kappa shape index (κ1) is 18.8. The van der Waals surface area contributed by atoms with E-state index in [1.165, 1.54) is 30.5 Å². The number of nitrogens with zero attached hydrogens (tertiary/aromatic N) is 1. The summed E-state index contributed by atoms with van der Waals surface area (Å²) in [5.74, 6) is 0.0793. The highest BCUT2D eigenvalue weighted by Crippen LogP contribution is 2.24. The summed E-state index contributed by atoms with van der Waals surface area (Å²) >= 11 is 1.60. The molecule has 138 valence electrons. The lowest BCUT2D eigenvalue weighted by atomic mass is 10.1. The first-order valence-electron chi connectivity index (χ1n) is 9.47. The largest absolute Gasteiger partial charge is 0.372 e. The second-order valence-electron chi connectivity index (χ2n) is 7.01. The van der Waals surface area contributed by atoms with E-state index in [0.717, 1.165) is 23.5 Å². The van der Waals surface area contributed by atoms with Gasteiger partial charge in [0.15, 0.2) is 0 Å². The number of carbonyl (C=O) groups excluding carboxylic acids is 1. The Hall–Kier alpha value is -1.94. The molecule has 1 aliphatic rings. The van der Waals surface area contributed by atoms with Crippen LogP contribution < -0.4 is 10.2 Å². The highest BCUT2D eigenvalue weighted by molar-refractivity contribution is 8.00. The number of rotatable bonds is 6. The van der Waals surface area contributed by atoms with Crippen LogP contribution in [0.2, 0.25) is 0 Å². The Balaban J connectivity index is 1.48. The van der Waals surface area contributed by atoms with E-state index in [9.17, 15) is 4.79 Å². The number of nitrogens with one attached hydrogen (secondary N) is 1. The van der Waals surface area contributed by atoms with Crippen LogP contribution in [-0.4, -0.2) is 24.2 Å². The van der Waals surface area contributed by atoms with Gasteiger partial charge in [-0.15, -0.1) is 11.8 Å². The van der Waals surface area contributed by atoms with Crippen LogP contribution in [0, 0.1) is 6.92 Å². The van der Waals surface area contributed by atoms with E-state index in [2.05, 4.69) is 65.7 Å². The molecule has 0 aliphatic carbocycles. The highest BCUT2D eigenvalue weighted by Gasteiger charge is 2.14. The van der Waals surface area contributed by atoms with Gasteiger partial charge in [-0.1, -0.05) is 29.8 Å². The standard InChI is InChI=1S/C22H28N2OS/c1-17-6-12-21(13-7-17)26-18(2)22(25)23-16-19-8-10-20(11-9-19)24-14-4-3-5-15-24/h6-13,18H,3-5,14-16H2,1-2H3,(H,23,25)/t18-/m0/s1. The van der Waals surface area contributed by atoms with Crippen molar-refractivity contribution in [3.8, 4) is 0 Å². The van der Waals surface area contributed by atoms with E-state index in [1.807, 2.05) is 6.92 Å². The summed E-state index contributed by atoms with van der Waals surface area (Å²) in [4.78, 5) is 15.9. The molecule has 1 saturated heterocycles. The van der Waals surface area contributed by atoms with E-state index in [1.54, 1.807) is 11.8 Å². The molecule has 26 heavy (non-hydrogen) atoms. The zero-order chi connectivity index (χ0) is 18.4. The summed E-state index contributed by atoms with van der Waals surface area (Å²) in [5.41, 5.74) is 3.68. The molecule has 1 atom stereocenters. The van der Waals surface area contributed by atoms with Gasteiger partial charge in [-0.05, 0) is 62.9 Å². The van der Waals surface area contributed by atoms with Crippen molar-refractivity contribution in [2.75, 3.05) is 18.0 Å². The lowest BCUT2D eigenvalue weighted by Gasteiger charge is -2.28. The predicted octanol–water partition coefficient (Wildman–Crippen LogP) is 4.78. The van der Waals surface area contributed by atoms with Gasteiger partial charge < -0.3 is 10.2 Å². The Morgan fingerprint density at radius 1 is 1.04 bits per heavy atom. The molecule has 0 saturated carbocycles. The van der Waals surface area contributed by atoms with Crippen molar-refractivity contribution in [3.63, 3.8) is 0 Å². The molecule has 0 unspecified atom stereocenters. The lowest BCUT2D eigenvalue weighted by Crippen LogP contribution is -2.30. The van der Waals surface area contributed by atoms with E-state index < -0.39 is 0 Å². The van der Waals surface area contributed by atoms with Crippen LogP contribution >= 0.6 is 11.8 Å². The van der Waals surface area contributed by atoms with Crippen molar-refractivity contribution in [2.45, 2.75) is 49.8 Å². The molecule has 3 rings (SSSR count). The van der Waals surface area contributed by atoms with Crippen LogP contribution in [0.5, 0.6) is 0 Å². The Labute approximate surface area is 161 Å². The first-order valence-corrected chi connectivity index (χ1v) is 10.3. The summed E-state index contributed by atoms with van der Waals surface area (Å²) in [6, 6.07) is 16.9. The van der Waals surface area contributed by atoms with Crippen molar-refractivity contribution in [1.82, 2.24) is 5.32 Å². The number of benzene rings is 2. The average Bonchev–Trinajstić information content (AvgIpc) is 2.69. The van der Waals surface area contributed by atoms with Crippen molar-refractivity contribution >= 4 is 23.4 Å². The number of hydrogen-bond donors (Lipinski definition) is 1. The molecule has 4 heteroatoms. The first-order chi connectivity index (χ1) is 12.6. The molecule has 0 aromatic heterocycles. The highest BCUT2D eigenvalue weighted by atomic mass is 32.2. The van der Waals surface area contributed by atoms with Crippen molar-refractivity contribution < 1.29 is 4.79 Å². The van der Waals surface area contributed by atoms with Gasteiger partial charge in [0.25, 0.3) is 0 Å². The minimum atomic E-state index is -0.106. The maximum absolute atomic E-state index is 12.4. The quantitative estimate of drug-likeness (QED) is 0.745. The van der Waals surface area contributed by atoms with Crippen LogP contribution in [0.1, 0.15) is 37.3 Å². The van der Waals surface area contributed by atoms with Gasteiger partial charge >= 0.3 is 0 Å². The molecule has 1 N–H and O–H groups in total. The van der Waals surface area contributed by atoms with Crippen LogP contribution in [0.3, 0.4) is 0 Å². The van der Waals surface area contributed by atoms with Crippen LogP contribution in [0.15, 0.2) is 53.4 Å². The van der Waals surface area contributed by atoms with Crippen LogP contribution in [-0.2, 0) is 11.3 Å². The predicted molar refractivity (Wildman–Crippen MR) is 111 cm³/mol. The molecule has 1 heterocycles. The zero-order valence-corrected chi connectivity index (χ0v) is 16.5. The van der Waals surface area contributed by atoms with Gasteiger partial charge in [0, 0.05) is 30.2 Å². The van der Waals surface area contributed by atoms with Crippen molar-refractivity contribution in [1.29, 1.82) is 0 Å². The zero-order valence-electron chi connectivity index (χ0n) is 15.7. The van der Waals surface area contributed by atoms with Crippen LogP contribution in [0.4, 0.5) is 5.69 Å². The molecular formula is C22H28N2OS. The maximum Gasteiger partial charge on any atom is 0.233 e. The number of thioether (sulfide) groups is 1. The molecule has 0 spiro atoms.